The number of halogens is 3. The fourth-order valence-corrected chi connectivity index (χ4v) is 2.48. The minimum Gasteiger partial charge on any atom is -0.492 e. The van der Waals surface area contributed by atoms with Crippen LogP contribution >= 0.6 is 0 Å². The zero-order valence-corrected chi connectivity index (χ0v) is 16.7. The number of para-hydroxylation sites is 1. The van der Waals surface area contributed by atoms with Gasteiger partial charge in [0.2, 0.25) is 0 Å². The third kappa shape index (κ3) is 7.65. The monoisotopic (exact) mass is 425 g/mol. The van der Waals surface area contributed by atoms with Crippen molar-refractivity contribution >= 4 is 12.4 Å². The van der Waals surface area contributed by atoms with Crippen molar-refractivity contribution in [3.8, 4) is 22.6 Å². The van der Waals surface area contributed by atoms with Crippen molar-refractivity contribution in [1.82, 2.24) is 5.32 Å². The zero-order valence-electron chi connectivity index (χ0n) is 16.7. The van der Waals surface area contributed by atoms with Gasteiger partial charge in [0, 0.05) is 11.1 Å². The molecule has 0 unspecified atom stereocenters. The number of hydrogen-bond acceptors (Lipinski definition) is 5. The standard InChI is InChI=1S/C21H22F3NO5/c1-20(2,3)30-19(27)25-8-9-28-16-11-14(13-26)10-15(12-16)17-6-4-5-7-18(17)29-21(22,23)24/h4-7,10-13H,8-9H2,1-3H3,(H,25,27). The van der Waals surface area contributed by atoms with Crippen LogP contribution in [0.15, 0.2) is 42.5 Å². The number of carbonyl (C=O) groups is 2. The Morgan fingerprint density at radius 3 is 2.43 bits per heavy atom. The molecule has 0 aliphatic rings. The minimum atomic E-state index is -4.86. The Hall–Kier alpha value is -3.23. The molecule has 0 saturated carbocycles. The first-order valence-corrected chi connectivity index (χ1v) is 9.02. The summed E-state index contributed by atoms with van der Waals surface area (Å²) in [5.41, 5.74) is 0.0403. The lowest BCUT2D eigenvalue weighted by Crippen LogP contribution is -2.34. The van der Waals surface area contributed by atoms with E-state index in [4.69, 9.17) is 9.47 Å². The van der Waals surface area contributed by atoms with Gasteiger partial charge in [-0.3, -0.25) is 4.79 Å². The van der Waals surface area contributed by atoms with E-state index in [0.717, 1.165) is 0 Å². The molecule has 0 spiro atoms. The molecule has 2 rings (SSSR count). The lowest BCUT2D eigenvalue weighted by Gasteiger charge is -2.19. The molecule has 30 heavy (non-hydrogen) atoms. The molecule has 2 aromatic carbocycles. The molecule has 6 nitrogen and oxygen atoms in total. The molecule has 0 heterocycles. The normalized spacial score (nSPS) is 11.5. The summed E-state index contributed by atoms with van der Waals surface area (Å²) < 4.78 is 52.8. The molecular formula is C21H22F3NO5. The van der Waals surface area contributed by atoms with E-state index in [1.54, 1.807) is 26.8 Å². The van der Waals surface area contributed by atoms with Gasteiger partial charge in [0.25, 0.3) is 0 Å². The minimum absolute atomic E-state index is 0.0572. The highest BCUT2D eigenvalue weighted by molar-refractivity contribution is 5.82. The van der Waals surface area contributed by atoms with Gasteiger partial charge in [0.05, 0.1) is 6.54 Å². The molecule has 162 valence electrons. The predicted octanol–water partition coefficient (Wildman–Crippen LogP) is 4.97. The topological polar surface area (TPSA) is 73.9 Å². The summed E-state index contributed by atoms with van der Waals surface area (Å²) in [5.74, 6) is -0.145. The van der Waals surface area contributed by atoms with Crippen LogP contribution in [0, 0.1) is 0 Å². The van der Waals surface area contributed by atoms with E-state index >= 15 is 0 Å². The number of benzene rings is 2. The van der Waals surface area contributed by atoms with Crippen molar-refractivity contribution in [3.63, 3.8) is 0 Å². The number of alkyl halides is 3. The van der Waals surface area contributed by atoms with E-state index in [-0.39, 0.29) is 30.0 Å². The number of ether oxygens (including phenoxy) is 3. The fraction of sp³-hybridized carbons (Fsp3) is 0.333. The first-order valence-electron chi connectivity index (χ1n) is 9.02. The largest absolute Gasteiger partial charge is 0.573 e. The van der Waals surface area contributed by atoms with Crippen molar-refractivity contribution in [1.29, 1.82) is 0 Å². The van der Waals surface area contributed by atoms with Gasteiger partial charge in [-0.25, -0.2) is 4.79 Å². The average molecular weight is 425 g/mol. The van der Waals surface area contributed by atoms with Gasteiger partial charge in [-0.15, -0.1) is 13.2 Å². The number of amides is 1. The van der Waals surface area contributed by atoms with Crippen molar-refractivity contribution in [3.05, 3.63) is 48.0 Å². The fourth-order valence-electron chi connectivity index (χ4n) is 2.48. The number of nitrogens with one attached hydrogen (secondary N) is 1. The smallest absolute Gasteiger partial charge is 0.492 e. The van der Waals surface area contributed by atoms with E-state index in [1.165, 1.54) is 36.4 Å². The number of hydrogen-bond donors (Lipinski definition) is 1. The van der Waals surface area contributed by atoms with Gasteiger partial charge in [-0.2, -0.15) is 0 Å². The molecule has 0 aliphatic carbocycles. The molecular weight excluding hydrogens is 403 g/mol. The Kier molecular flexibility index (Phi) is 7.31. The second-order valence-electron chi connectivity index (χ2n) is 7.23. The van der Waals surface area contributed by atoms with Crippen LogP contribution in [0.2, 0.25) is 0 Å². The van der Waals surface area contributed by atoms with Crippen molar-refractivity contribution in [2.45, 2.75) is 32.7 Å². The molecule has 0 bridgehead atoms. The highest BCUT2D eigenvalue weighted by Gasteiger charge is 2.32. The average Bonchev–Trinajstić information content (AvgIpc) is 2.62. The number of alkyl carbamates (subject to hydrolysis) is 1. The van der Waals surface area contributed by atoms with Crippen LogP contribution in [-0.4, -0.2) is 37.5 Å². The quantitative estimate of drug-likeness (QED) is 0.501. The van der Waals surface area contributed by atoms with E-state index < -0.39 is 23.8 Å². The first-order chi connectivity index (χ1) is 14.0. The van der Waals surface area contributed by atoms with E-state index in [9.17, 15) is 22.8 Å². The highest BCUT2D eigenvalue weighted by Crippen LogP contribution is 2.35. The second kappa shape index (κ2) is 9.51. The van der Waals surface area contributed by atoms with E-state index in [1.807, 2.05) is 0 Å². The Labute approximate surface area is 171 Å². The van der Waals surface area contributed by atoms with Crippen LogP contribution in [-0.2, 0) is 4.74 Å². The van der Waals surface area contributed by atoms with Crippen LogP contribution in [0.4, 0.5) is 18.0 Å². The predicted molar refractivity (Wildman–Crippen MR) is 104 cm³/mol. The third-order valence-electron chi connectivity index (χ3n) is 3.53. The third-order valence-corrected chi connectivity index (χ3v) is 3.53. The number of carbonyl (C=O) groups excluding carboxylic acids is 2. The molecule has 0 aromatic heterocycles. The maximum atomic E-state index is 12.7. The number of aldehydes is 1. The highest BCUT2D eigenvalue weighted by atomic mass is 19.4. The van der Waals surface area contributed by atoms with Gasteiger partial charge in [0.1, 0.15) is 30.0 Å². The van der Waals surface area contributed by atoms with Crippen LogP contribution in [0.3, 0.4) is 0 Å². The van der Waals surface area contributed by atoms with Gasteiger partial charge in [-0.05, 0) is 50.6 Å². The molecule has 0 saturated heterocycles. The van der Waals surface area contributed by atoms with Crippen LogP contribution in [0.25, 0.3) is 11.1 Å². The van der Waals surface area contributed by atoms with Crippen LogP contribution < -0.4 is 14.8 Å². The van der Waals surface area contributed by atoms with Crippen LogP contribution in [0.5, 0.6) is 11.5 Å². The molecule has 1 N–H and O–H groups in total. The summed E-state index contributed by atoms with van der Waals surface area (Å²) in [7, 11) is 0. The first kappa shape index (κ1) is 23.1. The molecule has 2 aromatic rings. The Morgan fingerprint density at radius 2 is 1.80 bits per heavy atom. The zero-order chi connectivity index (χ0) is 22.4. The lowest BCUT2D eigenvalue weighted by molar-refractivity contribution is -0.274. The lowest BCUT2D eigenvalue weighted by atomic mass is 10.0. The number of rotatable bonds is 7. The van der Waals surface area contributed by atoms with Crippen molar-refractivity contribution in [2.24, 2.45) is 0 Å². The van der Waals surface area contributed by atoms with Crippen molar-refractivity contribution < 1.29 is 37.0 Å². The van der Waals surface area contributed by atoms with E-state index in [2.05, 4.69) is 10.1 Å². The van der Waals surface area contributed by atoms with E-state index in [0.29, 0.717) is 11.8 Å². The van der Waals surface area contributed by atoms with Gasteiger partial charge in [0.15, 0.2) is 0 Å². The maximum Gasteiger partial charge on any atom is 0.573 e. The Morgan fingerprint density at radius 1 is 1.10 bits per heavy atom. The van der Waals surface area contributed by atoms with Crippen LogP contribution in [0.1, 0.15) is 31.1 Å². The summed E-state index contributed by atoms with van der Waals surface area (Å²) in [6, 6.07) is 9.94. The molecule has 0 aliphatic heterocycles. The SMILES string of the molecule is CC(C)(C)OC(=O)NCCOc1cc(C=O)cc(-c2ccccc2OC(F)(F)F)c1. The molecule has 1 amide bonds. The summed E-state index contributed by atoms with van der Waals surface area (Å²) in [6.07, 6.45) is -4.90. The second-order valence-corrected chi connectivity index (χ2v) is 7.23. The summed E-state index contributed by atoms with van der Waals surface area (Å²) in [6.45, 7) is 5.38. The maximum absolute atomic E-state index is 12.7. The van der Waals surface area contributed by atoms with Crippen molar-refractivity contribution in [2.75, 3.05) is 13.2 Å². The molecule has 0 fully saturated rings. The summed E-state index contributed by atoms with van der Waals surface area (Å²) in [5, 5.41) is 2.52. The van der Waals surface area contributed by atoms with Gasteiger partial charge >= 0.3 is 12.5 Å². The molecule has 0 radical (unpaired) electrons. The molecule has 9 heteroatoms. The van der Waals surface area contributed by atoms with Gasteiger partial charge < -0.3 is 19.5 Å². The molecule has 0 atom stereocenters. The summed E-state index contributed by atoms with van der Waals surface area (Å²) >= 11 is 0. The van der Waals surface area contributed by atoms with Gasteiger partial charge in [-0.1, -0.05) is 18.2 Å². The Balaban J connectivity index is 2.13. The Bertz CT molecular complexity index is 891. The summed E-state index contributed by atoms with van der Waals surface area (Å²) in [4.78, 5) is 22.9.